The maximum atomic E-state index is 13.0. The molecule has 15 heteroatoms. The van der Waals surface area contributed by atoms with E-state index in [1.54, 1.807) is 6.92 Å². The SMILES string of the molecule is CC1(COC(=O)CCC(=O)OC(CS(=O)(=O)[O-])(C(F)(F)F)C(F)(F)F)COC1. The second-order valence-corrected chi connectivity index (χ2v) is 7.87. The molecule has 0 spiro atoms. The molecule has 0 unspecified atom stereocenters. The lowest BCUT2D eigenvalue weighted by molar-refractivity contribution is -0.361. The van der Waals surface area contributed by atoms with Gasteiger partial charge in [-0.25, -0.2) is 8.42 Å². The van der Waals surface area contributed by atoms with Crippen LogP contribution < -0.4 is 0 Å². The second kappa shape index (κ2) is 8.02. The molecule has 0 aliphatic carbocycles. The summed E-state index contributed by atoms with van der Waals surface area (Å²) in [6.07, 6.45) is -15.1. The van der Waals surface area contributed by atoms with Crippen LogP contribution in [0, 0.1) is 5.41 Å². The minimum atomic E-state index is -6.46. The monoisotopic (exact) mass is 445 g/mol. The Kier molecular flexibility index (Phi) is 7.00. The molecular formula is C13H15F6O8S-. The molecule has 0 aromatic heterocycles. The van der Waals surface area contributed by atoms with Gasteiger partial charge in [-0.15, -0.1) is 0 Å². The van der Waals surface area contributed by atoms with E-state index in [4.69, 9.17) is 9.47 Å². The molecule has 0 atom stereocenters. The Morgan fingerprint density at radius 1 is 1.04 bits per heavy atom. The van der Waals surface area contributed by atoms with Crippen molar-refractivity contribution >= 4 is 22.1 Å². The van der Waals surface area contributed by atoms with Crippen molar-refractivity contribution in [3.63, 3.8) is 0 Å². The van der Waals surface area contributed by atoms with E-state index in [1.165, 1.54) is 0 Å². The van der Waals surface area contributed by atoms with Crippen LogP contribution in [0.15, 0.2) is 0 Å². The maximum absolute atomic E-state index is 13.0. The molecule has 1 aliphatic rings. The fourth-order valence-corrected chi connectivity index (χ4v) is 2.91. The molecule has 1 saturated heterocycles. The number of alkyl halides is 6. The van der Waals surface area contributed by atoms with Gasteiger partial charge in [0.25, 0.3) is 0 Å². The third-order valence-electron chi connectivity index (χ3n) is 3.60. The maximum Gasteiger partial charge on any atom is 0.438 e. The van der Waals surface area contributed by atoms with Crippen LogP contribution in [0.1, 0.15) is 19.8 Å². The van der Waals surface area contributed by atoms with Crippen LogP contribution in [0.2, 0.25) is 0 Å². The molecule has 28 heavy (non-hydrogen) atoms. The van der Waals surface area contributed by atoms with E-state index in [0.29, 0.717) is 0 Å². The van der Waals surface area contributed by atoms with Gasteiger partial charge in [-0.3, -0.25) is 9.59 Å². The first kappa shape index (κ1) is 24.4. The van der Waals surface area contributed by atoms with Crippen molar-refractivity contribution in [2.24, 2.45) is 5.41 Å². The first-order valence-electron chi connectivity index (χ1n) is 7.43. The molecule has 0 saturated carbocycles. The van der Waals surface area contributed by atoms with Crippen LogP contribution in [0.25, 0.3) is 0 Å². The highest BCUT2D eigenvalue weighted by Gasteiger charge is 2.75. The van der Waals surface area contributed by atoms with Gasteiger partial charge in [-0.1, -0.05) is 6.92 Å². The smallest absolute Gasteiger partial charge is 0.438 e. The molecule has 0 radical (unpaired) electrons. The highest BCUT2D eigenvalue weighted by atomic mass is 32.2. The van der Waals surface area contributed by atoms with E-state index in [1.807, 2.05) is 0 Å². The van der Waals surface area contributed by atoms with Gasteiger partial charge in [0.2, 0.25) is 0 Å². The molecule has 0 amide bonds. The molecule has 0 aromatic rings. The first-order valence-corrected chi connectivity index (χ1v) is 9.01. The molecule has 0 bridgehead atoms. The summed E-state index contributed by atoms with van der Waals surface area (Å²) in [7, 11) is -6.12. The Labute approximate surface area is 154 Å². The molecule has 1 rings (SSSR count). The van der Waals surface area contributed by atoms with Crippen LogP contribution in [0.4, 0.5) is 26.3 Å². The van der Waals surface area contributed by atoms with Gasteiger partial charge in [0.05, 0.1) is 41.9 Å². The molecule has 1 aliphatic heterocycles. The summed E-state index contributed by atoms with van der Waals surface area (Å²) >= 11 is 0. The Balaban J connectivity index is 2.82. The largest absolute Gasteiger partial charge is 0.748 e. The highest BCUT2D eigenvalue weighted by molar-refractivity contribution is 7.85. The second-order valence-electron chi connectivity index (χ2n) is 6.46. The topological polar surface area (TPSA) is 119 Å². The molecule has 8 nitrogen and oxygen atoms in total. The number of halogens is 6. The van der Waals surface area contributed by atoms with E-state index in [9.17, 15) is 48.9 Å². The average molecular weight is 445 g/mol. The lowest BCUT2D eigenvalue weighted by Gasteiger charge is -2.37. The van der Waals surface area contributed by atoms with Crippen LogP contribution in [0.3, 0.4) is 0 Å². The minimum Gasteiger partial charge on any atom is -0.748 e. The van der Waals surface area contributed by atoms with E-state index in [2.05, 4.69) is 4.74 Å². The molecular weight excluding hydrogens is 430 g/mol. The third kappa shape index (κ3) is 6.20. The van der Waals surface area contributed by atoms with Crippen LogP contribution in [-0.4, -0.2) is 68.4 Å². The Morgan fingerprint density at radius 2 is 1.50 bits per heavy atom. The Hall–Kier alpha value is -1.61. The van der Waals surface area contributed by atoms with E-state index in [-0.39, 0.29) is 19.8 Å². The first-order chi connectivity index (χ1) is 12.4. The summed E-state index contributed by atoms with van der Waals surface area (Å²) in [5.74, 6) is -6.39. The number of ether oxygens (including phenoxy) is 3. The predicted molar refractivity (Wildman–Crippen MR) is 74.6 cm³/mol. The van der Waals surface area contributed by atoms with Crippen molar-refractivity contribution in [2.75, 3.05) is 25.6 Å². The Morgan fingerprint density at radius 3 is 1.86 bits per heavy atom. The summed E-state index contributed by atoms with van der Waals surface area (Å²) in [4.78, 5) is 22.9. The van der Waals surface area contributed by atoms with Gasteiger partial charge >= 0.3 is 29.9 Å². The van der Waals surface area contributed by atoms with Crippen molar-refractivity contribution in [2.45, 2.75) is 37.7 Å². The van der Waals surface area contributed by atoms with Crippen molar-refractivity contribution in [3.8, 4) is 0 Å². The molecule has 1 fully saturated rings. The van der Waals surface area contributed by atoms with E-state index in [0.717, 1.165) is 0 Å². The number of hydrogen-bond donors (Lipinski definition) is 0. The molecule has 0 aromatic carbocycles. The van der Waals surface area contributed by atoms with Crippen molar-refractivity contribution < 1.29 is 63.1 Å². The standard InChI is InChI=1S/C13H16F6O8S/c1-10(4-25-5-10)6-26-8(20)2-3-9(21)27-11(12(14,15)16,13(17,18)19)7-28(22,23)24/h2-7H2,1H3,(H,22,23,24)/p-1. The van der Waals surface area contributed by atoms with Gasteiger partial charge < -0.3 is 18.8 Å². The fourth-order valence-electron chi connectivity index (χ4n) is 2.03. The van der Waals surface area contributed by atoms with Gasteiger partial charge in [0, 0.05) is 5.41 Å². The lowest BCUT2D eigenvalue weighted by Crippen LogP contribution is -2.63. The van der Waals surface area contributed by atoms with E-state index >= 15 is 0 Å². The van der Waals surface area contributed by atoms with E-state index < -0.39 is 64.0 Å². The van der Waals surface area contributed by atoms with Crippen LogP contribution in [-0.2, 0) is 33.9 Å². The normalized spacial score (nSPS) is 17.6. The summed E-state index contributed by atoms with van der Waals surface area (Å²) < 4.78 is 122. The summed E-state index contributed by atoms with van der Waals surface area (Å²) in [5, 5.41) is 0. The zero-order valence-electron chi connectivity index (χ0n) is 14.2. The third-order valence-corrected chi connectivity index (χ3v) is 4.36. The van der Waals surface area contributed by atoms with Crippen molar-refractivity contribution in [1.29, 1.82) is 0 Å². The number of hydrogen-bond acceptors (Lipinski definition) is 8. The van der Waals surface area contributed by atoms with Crippen LogP contribution in [0.5, 0.6) is 0 Å². The zero-order chi connectivity index (χ0) is 22.0. The lowest BCUT2D eigenvalue weighted by atomic mass is 9.90. The minimum absolute atomic E-state index is 0.148. The number of esters is 2. The highest BCUT2D eigenvalue weighted by Crippen LogP contribution is 2.47. The molecule has 0 N–H and O–H groups in total. The molecule has 164 valence electrons. The van der Waals surface area contributed by atoms with Crippen molar-refractivity contribution in [1.82, 2.24) is 0 Å². The van der Waals surface area contributed by atoms with Gasteiger partial charge in [0.1, 0.15) is 6.61 Å². The summed E-state index contributed by atoms with van der Waals surface area (Å²) in [6, 6.07) is 0. The van der Waals surface area contributed by atoms with Crippen LogP contribution >= 0.6 is 0 Å². The number of carbonyl (C=O) groups excluding carboxylic acids is 2. The fraction of sp³-hybridized carbons (Fsp3) is 0.846. The molecule has 1 heterocycles. The number of rotatable bonds is 8. The predicted octanol–water partition coefficient (Wildman–Crippen LogP) is 1.30. The summed E-state index contributed by atoms with van der Waals surface area (Å²) in [6.45, 7) is 2.07. The quantitative estimate of drug-likeness (QED) is 0.312. The Bertz CT molecular complexity index is 681. The van der Waals surface area contributed by atoms with Gasteiger partial charge in [-0.2, -0.15) is 26.3 Å². The number of carbonyl (C=O) groups is 2. The summed E-state index contributed by atoms with van der Waals surface area (Å²) in [5.41, 5.74) is -6.04. The van der Waals surface area contributed by atoms with Gasteiger partial charge in [0.15, 0.2) is 0 Å². The average Bonchev–Trinajstić information content (AvgIpc) is 2.44. The van der Waals surface area contributed by atoms with Crippen molar-refractivity contribution in [3.05, 3.63) is 0 Å². The van der Waals surface area contributed by atoms with Gasteiger partial charge in [-0.05, 0) is 0 Å². The zero-order valence-corrected chi connectivity index (χ0v) is 15.0.